The van der Waals surface area contributed by atoms with Gasteiger partial charge in [-0.25, -0.2) is 0 Å². The van der Waals surface area contributed by atoms with Gasteiger partial charge >= 0.3 is 0 Å². The molecule has 0 saturated heterocycles. The summed E-state index contributed by atoms with van der Waals surface area (Å²) in [6.07, 6.45) is 8.61. The largest absolute Gasteiger partial charge is 0.305 e. The maximum absolute atomic E-state index is 7.94. The highest BCUT2D eigenvalue weighted by atomic mass is 35.5. The van der Waals surface area contributed by atoms with Gasteiger partial charge in [0, 0.05) is 10.7 Å². The number of hydrogen-bond acceptors (Lipinski definition) is 1. The Balaban J connectivity index is 1.89. The first-order chi connectivity index (χ1) is 10.7. The maximum Gasteiger partial charge on any atom is 0.0444 e. The molecule has 0 fully saturated rings. The summed E-state index contributed by atoms with van der Waals surface area (Å²) in [5.74, 6) is 0. The zero-order chi connectivity index (χ0) is 15.5. The molecular weight excluding hydrogens is 290 g/mol. The van der Waals surface area contributed by atoms with Crippen molar-refractivity contribution in [1.29, 1.82) is 5.41 Å². The third kappa shape index (κ3) is 3.00. The van der Waals surface area contributed by atoms with E-state index in [-0.39, 0.29) is 0 Å². The number of aryl methyl sites for hydroxylation is 2. The van der Waals surface area contributed by atoms with Gasteiger partial charge in [-0.3, -0.25) is 0 Å². The predicted molar refractivity (Wildman–Crippen MR) is 95.2 cm³/mol. The Morgan fingerprint density at radius 3 is 2.77 bits per heavy atom. The normalized spacial score (nSPS) is 13.0. The molecule has 0 amide bonds. The van der Waals surface area contributed by atoms with Crippen LogP contribution in [-0.2, 0) is 19.3 Å². The first-order valence-corrected chi connectivity index (χ1v) is 8.15. The van der Waals surface area contributed by atoms with Gasteiger partial charge in [0.1, 0.15) is 0 Å². The fourth-order valence-electron chi connectivity index (χ4n) is 3.18. The highest BCUT2D eigenvalue weighted by Crippen LogP contribution is 2.26. The molecule has 0 saturated carbocycles. The monoisotopic (exact) mass is 309 g/mol. The second-order valence-electron chi connectivity index (χ2n) is 5.82. The van der Waals surface area contributed by atoms with Crippen LogP contribution in [0.25, 0.3) is 6.08 Å². The molecule has 3 rings (SSSR count). The number of hydrogen-bond donors (Lipinski definition) is 1. The first-order valence-electron chi connectivity index (χ1n) is 7.77. The number of nitrogens with one attached hydrogen (secondary N) is 1. The van der Waals surface area contributed by atoms with Gasteiger partial charge in [0.2, 0.25) is 0 Å². The fraction of sp³-hybridized carbons (Fsp3) is 0.250. The van der Waals surface area contributed by atoms with Gasteiger partial charge in [0.15, 0.2) is 0 Å². The minimum Gasteiger partial charge on any atom is -0.305 e. The van der Waals surface area contributed by atoms with Crippen molar-refractivity contribution < 1.29 is 0 Å². The average Bonchev–Trinajstić information content (AvgIpc) is 2.53. The van der Waals surface area contributed by atoms with Gasteiger partial charge in [-0.1, -0.05) is 54.1 Å². The third-order valence-corrected chi connectivity index (χ3v) is 4.67. The average molecular weight is 310 g/mol. The van der Waals surface area contributed by atoms with Crippen LogP contribution in [0.4, 0.5) is 0 Å². The molecule has 1 aliphatic rings. The molecule has 0 atom stereocenters. The summed E-state index contributed by atoms with van der Waals surface area (Å²) in [6.45, 7) is 1.82. The van der Waals surface area contributed by atoms with Gasteiger partial charge in [-0.05, 0) is 66.5 Å². The van der Waals surface area contributed by atoms with Crippen molar-refractivity contribution in [3.05, 3.63) is 75.3 Å². The molecule has 2 heteroatoms. The van der Waals surface area contributed by atoms with Crippen LogP contribution in [0.15, 0.2) is 42.5 Å². The van der Waals surface area contributed by atoms with Crippen LogP contribution in [0.3, 0.4) is 0 Å². The molecule has 112 valence electrons. The van der Waals surface area contributed by atoms with Crippen LogP contribution >= 0.6 is 11.6 Å². The van der Waals surface area contributed by atoms with E-state index < -0.39 is 0 Å². The molecule has 0 aromatic heterocycles. The predicted octanol–water partition coefficient (Wildman–Crippen LogP) is 5.47. The van der Waals surface area contributed by atoms with Crippen molar-refractivity contribution in [3.63, 3.8) is 0 Å². The summed E-state index contributed by atoms with van der Waals surface area (Å²) in [4.78, 5) is 0. The van der Waals surface area contributed by atoms with Crippen molar-refractivity contribution in [3.8, 4) is 0 Å². The SMILES string of the molecule is CC(=N)c1cccc(Cl)c1CCc1cccc2c1C=CCC2. The van der Waals surface area contributed by atoms with Crippen LogP contribution in [-0.4, -0.2) is 5.71 Å². The van der Waals surface area contributed by atoms with E-state index >= 15 is 0 Å². The number of fused-ring (bicyclic) bond motifs is 1. The molecule has 1 N–H and O–H groups in total. The standard InChI is InChI=1S/C20H20ClN/c1-14(22)17-10-5-11-20(21)19(17)13-12-16-8-4-7-15-6-2-3-9-18(15)16/h3-5,7-11,22H,2,6,12-13H2,1H3. The molecule has 0 bridgehead atoms. The lowest BCUT2D eigenvalue weighted by Gasteiger charge is -2.16. The highest BCUT2D eigenvalue weighted by Gasteiger charge is 2.12. The Labute approximate surface area is 137 Å². The van der Waals surface area contributed by atoms with Crippen molar-refractivity contribution in [2.75, 3.05) is 0 Å². The second kappa shape index (κ2) is 6.50. The Morgan fingerprint density at radius 2 is 1.95 bits per heavy atom. The number of rotatable bonds is 4. The van der Waals surface area contributed by atoms with Crippen LogP contribution in [0.1, 0.15) is 41.2 Å². The van der Waals surface area contributed by atoms with Gasteiger partial charge < -0.3 is 5.41 Å². The molecule has 1 nitrogen and oxygen atoms in total. The Bertz CT molecular complexity index is 743. The molecule has 0 radical (unpaired) electrons. The molecule has 2 aromatic rings. The number of benzene rings is 2. The van der Waals surface area contributed by atoms with Crippen molar-refractivity contribution >= 4 is 23.4 Å². The lowest BCUT2D eigenvalue weighted by Crippen LogP contribution is -2.05. The molecule has 22 heavy (non-hydrogen) atoms. The van der Waals surface area contributed by atoms with E-state index in [1.54, 1.807) is 0 Å². The quantitative estimate of drug-likeness (QED) is 0.724. The molecule has 2 aromatic carbocycles. The molecule has 0 aliphatic heterocycles. The van der Waals surface area contributed by atoms with E-state index in [0.717, 1.165) is 41.8 Å². The van der Waals surface area contributed by atoms with E-state index in [2.05, 4.69) is 30.4 Å². The van der Waals surface area contributed by atoms with Crippen LogP contribution < -0.4 is 0 Å². The minimum atomic E-state index is 0.576. The van der Waals surface area contributed by atoms with Crippen molar-refractivity contribution in [2.45, 2.75) is 32.6 Å². The minimum absolute atomic E-state index is 0.576. The van der Waals surface area contributed by atoms with Crippen molar-refractivity contribution in [1.82, 2.24) is 0 Å². The van der Waals surface area contributed by atoms with Crippen LogP contribution in [0.5, 0.6) is 0 Å². The smallest absolute Gasteiger partial charge is 0.0444 e. The van der Waals surface area contributed by atoms with E-state index in [1.165, 1.54) is 16.7 Å². The van der Waals surface area contributed by atoms with Gasteiger partial charge in [0.05, 0.1) is 0 Å². The lowest BCUT2D eigenvalue weighted by molar-refractivity contribution is 0.927. The molecule has 0 spiro atoms. The Morgan fingerprint density at radius 1 is 1.14 bits per heavy atom. The van der Waals surface area contributed by atoms with Gasteiger partial charge in [-0.15, -0.1) is 0 Å². The Hall–Kier alpha value is -1.86. The van der Waals surface area contributed by atoms with Crippen LogP contribution in [0, 0.1) is 5.41 Å². The summed E-state index contributed by atoms with van der Waals surface area (Å²) >= 11 is 6.37. The van der Waals surface area contributed by atoms with Gasteiger partial charge in [0.25, 0.3) is 0 Å². The summed E-state index contributed by atoms with van der Waals surface area (Å²) < 4.78 is 0. The molecule has 0 heterocycles. The molecule has 0 unspecified atom stereocenters. The summed E-state index contributed by atoms with van der Waals surface area (Å²) in [7, 11) is 0. The number of allylic oxidation sites excluding steroid dienone is 1. The van der Waals surface area contributed by atoms with E-state index in [4.69, 9.17) is 17.0 Å². The molecule has 1 aliphatic carbocycles. The molecular formula is C20H20ClN. The zero-order valence-corrected chi connectivity index (χ0v) is 13.6. The van der Waals surface area contributed by atoms with E-state index in [9.17, 15) is 0 Å². The summed E-state index contributed by atoms with van der Waals surface area (Å²) in [5.41, 5.74) is 6.84. The van der Waals surface area contributed by atoms with Crippen molar-refractivity contribution in [2.24, 2.45) is 0 Å². The topological polar surface area (TPSA) is 23.9 Å². The van der Waals surface area contributed by atoms with Gasteiger partial charge in [-0.2, -0.15) is 0 Å². The fourth-order valence-corrected chi connectivity index (χ4v) is 3.45. The lowest BCUT2D eigenvalue weighted by atomic mass is 9.89. The Kier molecular flexibility index (Phi) is 4.44. The number of halogens is 1. The highest BCUT2D eigenvalue weighted by molar-refractivity contribution is 6.32. The van der Waals surface area contributed by atoms with E-state index in [0.29, 0.717) is 5.71 Å². The second-order valence-corrected chi connectivity index (χ2v) is 6.23. The van der Waals surface area contributed by atoms with Crippen LogP contribution in [0.2, 0.25) is 5.02 Å². The summed E-state index contributed by atoms with van der Waals surface area (Å²) in [5, 5.41) is 8.71. The van der Waals surface area contributed by atoms with E-state index in [1.807, 2.05) is 25.1 Å². The zero-order valence-electron chi connectivity index (χ0n) is 12.8. The third-order valence-electron chi connectivity index (χ3n) is 4.32. The first kappa shape index (κ1) is 15.1. The summed E-state index contributed by atoms with van der Waals surface area (Å²) in [6, 6.07) is 12.4. The maximum atomic E-state index is 7.94.